The molecular weight excluding hydrogens is 432 g/mol. The van der Waals surface area contributed by atoms with Gasteiger partial charge in [-0.15, -0.1) is 0 Å². The van der Waals surface area contributed by atoms with Gasteiger partial charge in [0, 0.05) is 18.8 Å². The van der Waals surface area contributed by atoms with Gasteiger partial charge in [0.25, 0.3) is 0 Å². The molecule has 2 bridgehead atoms. The summed E-state index contributed by atoms with van der Waals surface area (Å²) in [6.07, 6.45) is 9.67. The monoisotopic (exact) mass is 475 g/mol. The van der Waals surface area contributed by atoms with E-state index in [1.165, 1.54) is 57.3 Å². The van der Waals surface area contributed by atoms with Crippen molar-refractivity contribution in [3.05, 3.63) is 71.8 Å². The zero-order chi connectivity index (χ0) is 24.1. The van der Waals surface area contributed by atoms with Crippen LogP contribution in [0.5, 0.6) is 0 Å². The summed E-state index contributed by atoms with van der Waals surface area (Å²) < 4.78 is 7.65. The van der Waals surface area contributed by atoms with Gasteiger partial charge in [0.1, 0.15) is 12.1 Å². The van der Waals surface area contributed by atoms with E-state index in [1.807, 2.05) is 6.07 Å². The summed E-state index contributed by atoms with van der Waals surface area (Å²) >= 11 is 0. The van der Waals surface area contributed by atoms with Crippen molar-refractivity contribution in [3.8, 4) is 0 Å². The van der Waals surface area contributed by atoms with Gasteiger partial charge in [-0.05, 0) is 63.2 Å². The topological polar surface area (TPSA) is 29.5 Å². The average Bonchev–Trinajstić information content (AvgIpc) is 2.93. The van der Waals surface area contributed by atoms with Crippen LogP contribution in [0, 0.1) is 5.92 Å². The molecule has 4 saturated heterocycles. The number of esters is 1. The number of likely N-dealkylation sites (tertiary alicyclic amines) is 1. The summed E-state index contributed by atoms with van der Waals surface area (Å²) in [7, 11) is 0. The molecular formula is C31H43N2O2+. The number of aryl methyl sites for hydroxylation is 1. The quantitative estimate of drug-likeness (QED) is 0.270. The predicted octanol–water partition coefficient (Wildman–Crippen LogP) is 5.56. The maximum atomic E-state index is 14.0. The number of ether oxygens (including phenoxy) is 1. The lowest BCUT2D eigenvalue weighted by Gasteiger charge is -2.53. The smallest absolute Gasteiger partial charge is 0.331 e. The number of nitrogens with zero attached hydrogens (tertiary/aromatic N) is 2. The molecule has 0 N–H and O–H groups in total. The number of benzene rings is 2. The normalized spacial score (nSPS) is 28.4. The van der Waals surface area contributed by atoms with Crippen LogP contribution in [-0.4, -0.2) is 60.7 Å². The summed E-state index contributed by atoms with van der Waals surface area (Å²) in [5, 5.41) is 0. The fourth-order valence-electron chi connectivity index (χ4n) is 6.88. The number of carbonyl (C=O) groups is 1. The second kappa shape index (κ2) is 10.8. The van der Waals surface area contributed by atoms with Crippen LogP contribution < -0.4 is 0 Å². The number of carbonyl (C=O) groups excluding carboxylic acids is 1. The van der Waals surface area contributed by atoms with Crippen LogP contribution in [0.4, 0.5) is 0 Å². The van der Waals surface area contributed by atoms with E-state index in [1.54, 1.807) is 0 Å². The van der Waals surface area contributed by atoms with Crippen molar-refractivity contribution >= 4 is 5.97 Å². The summed E-state index contributed by atoms with van der Waals surface area (Å²) in [6, 6.07) is 21.2. The highest BCUT2D eigenvalue weighted by atomic mass is 16.5. The molecule has 4 nitrogen and oxygen atoms in total. The molecule has 0 radical (unpaired) electrons. The van der Waals surface area contributed by atoms with Crippen molar-refractivity contribution in [3.63, 3.8) is 0 Å². The van der Waals surface area contributed by atoms with E-state index in [0.717, 1.165) is 48.9 Å². The van der Waals surface area contributed by atoms with Gasteiger partial charge in [-0.1, -0.05) is 67.1 Å². The van der Waals surface area contributed by atoms with E-state index in [9.17, 15) is 4.79 Å². The molecule has 4 heterocycles. The van der Waals surface area contributed by atoms with Gasteiger partial charge in [-0.25, -0.2) is 4.79 Å². The number of unbranched alkanes of at least 4 members (excludes halogenated alkanes) is 1. The second-order valence-corrected chi connectivity index (χ2v) is 11.4. The lowest BCUT2D eigenvalue weighted by molar-refractivity contribution is -0.946. The van der Waals surface area contributed by atoms with Gasteiger partial charge in [0.15, 0.2) is 6.10 Å². The average molecular weight is 476 g/mol. The van der Waals surface area contributed by atoms with Crippen molar-refractivity contribution in [1.82, 2.24) is 4.90 Å². The predicted molar refractivity (Wildman–Crippen MR) is 141 cm³/mol. The van der Waals surface area contributed by atoms with Gasteiger partial charge in [-0.2, -0.15) is 0 Å². The molecule has 0 saturated carbocycles. The Kier molecular flexibility index (Phi) is 7.59. The number of hydrogen-bond donors (Lipinski definition) is 0. The number of rotatable bonds is 9. The Labute approximate surface area is 211 Å². The highest BCUT2D eigenvalue weighted by molar-refractivity contribution is 5.82. The van der Waals surface area contributed by atoms with E-state index in [-0.39, 0.29) is 12.1 Å². The molecule has 0 aliphatic carbocycles. The molecule has 0 aromatic heterocycles. The van der Waals surface area contributed by atoms with Crippen LogP contribution in [-0.2, 0) is 21.5 Å². The maximum absolute atomic E-state index is 14.0. The maximum Gasteiger partial charge on any atom is 0.331 e. The van der Waals surface area contributed by atoms with E-state index in [4.69, 9.17) is 4.74 Å². The lowest BCUT2D eigenvalue weighted by Crippen LogP contribution is -2.65. The molecule has 4 aliphatic heterocycles. The zero-order valence-electron chi connectivity index (χ0n) is 21.5. The molecule has 2 aromatic carbocycles. The minimum absolute atomic E-state index is 0.0356. The molecule has 4 fully saturated rings. The molecule has 6 rings (SSSR count). The highest BCUT2D eigenvalue weighted by Crippen LogP contribution is 2.39. The van der Waals surface area contributed by atoms with Crippen molar-refractivity contribution in [2.24, 2.45) is 5.92 Å². The van der Waals surface area contributed by atoms with Crippen LogP contribution in [0.15, 0.2) is 60.7 Å². The fourth-order valence-corrected chi connectivity index (χ4v) is 6.88. The molecule has 4 heteroatoms. The first kappa shape index (κ1) is 24.5. The van der Waals surface area contributed by atoms with Gasteiger partial charge in [-0.3, -0.25) is 4.90 Å². The Morgan fingerprint density at radius 1 is 0.943 bits per heavy atom. The minimum Gasteiger partial charge on any atom is -0.454 e. The van der Waals surface area contributed by atoms with E-state index >= 15 is 0 Å². The van der Waals surface area contributed by atoms with Crippen LogP contribution in [0.25, 0.3) is 0 Å². The third kappa shape index (κ3) is 5.34. The van der Waals surface area contributed by atoms with Gasteiger partial charge < -0.3 is 9.22 Å². The third-order valence-electron chi connectivity index (χ3n) is 9.21. The molecule has 0 amide bonds. The van der Waals surface area contributed by atoms with E-state index < -0.39 is 5.54 Å². The molecule has 2 aromatic rings. The largest absolute Gasteiger partial charge is 0.454 e. The van der Waals surface area contributed by atoms with E-state index in [0.29, 0.717) is 5.92 Å². The summed E-state index contributed by atoms with van der Waals surface area (Å²) in [4.78, 5) is 16.3. The lowest BCUT2D eigenvalue weighted by atomic mass is 9.82. The molecule has 188 valence electrons. The van der Waals surface area contributed by atoms with Gasteiger partial charge in [0.2, 0.25) is 0 Å². The Balaban J connectivity index is 1.24. The molecule has 2 atom stereocenters. The summed E-state index contributed by atoms with van der Waals surface area (Å²) in [5.74, 6) is 0.497. The molecule has 35 heavy (non-hydrogen) atoms. The Morgan fingerprint density at radius 2 is 1.60 bits per heavy atom. The van der Waals surface area contributed by atoms with Crippen LogP contribution >= 0.6 is 0 Å². The fraction of sp³-hybridized carbons (Fsp3) is 0.581. The first-order valence-electron chi connectivity index (χ1n) is 14.0. The number of fused-ring (bicyclic) bond motifs is 3. The zero-order valence-corrected chi connectivity index (χ0v) is 21.5. The molecule has 0 spiro atoms. The van der Waals surface area contributed by atoms with Crippen LogP contribution in [0.1, 0.15) is 63.0 Å². The molecule has 4 aliphatic rings. The van der Waals surface area contributed by atoms with Crippen molar-refractivity contribution in [1.29, 1.82) is 0 Å². The SMILES string of the molecule is C[C@@](C(=O)O[C@H]1C[N+]2(CCCCc3ccccc3)CCC1CC2)(c1ccccc1)N1CCCCC1. The second-order valence-electron chi connectivity index (χ2n) is 11.4. The van der Waals surface area contributed by atoms with Crippen molar-refractivity contribution < 1.29 is 14.0 Å². The van der Waals surface area contributed by atoms with Crippen molar-refractivity contribution in [2.75, 3.05) is 39.3 Å². The van der Waals surface area contributed by atoms with Crippen LogP contribution in [0.3, 0.4) is 0 Å². The molecule has 0 unspecified atom stereocenters. The first-order chi connectivity index (χ1) is 17.1. The first-order valence-corrected chi connectivity index (χ1v) is 14.0. The standard InChI is InChI=1S/C31H43N2O2/c1-31(28-16-7-3-8-17-28,32-20-10-4-11-21-32)30(34)35-29-25-33(23-18-27(29)19-24-33)22-12-9-15-26-13-5-2-6-14-26/h2-3,5-8,13-14,16-17,27,29H,4,9-12,15,18-25H2,1H3/q+1/t27?,29-,31-,33?/m0/s1. The van der Waals surface area contributed by atoms with Crippen LogP contribution in [0.2, 0.25) is 0 Å². The summed E-state index contributed by atoms with van der Waals surface area (Å²) in [6.45, 7) is 8.78. The van der Waals surface area contributed by atoms with Crippen molar-refractivity contribution in [2.45, 2.75) is 69.9 Å². The van der Waals surface area contributed by atoms with Gasteiger partial charge in [0.05, 0.1) is 19.6 Å². The van der Waals surface area contributed by atoms with Gasteiger partial charge >= 0.3 is 5.97 Å². The number of hydrogen-bond acceptors (Lipinski definition) is 3. The Bertz CT molecular complexity index is 948. The highest BCUT2D eigenvalue weighted by Gasteiger charge is 2.50. The third-order valence-corrected chi connectivity index (χ3v) is 9.21. The number of piperidine rings is 4. The summed E-state index contributed by atoms with van der Waals surface area (Å²) in [5.41, 5.74) is 1.81. The Morgan fingerprint density at radius 3 is 2.29 bits per heavy atom. The number of quaternary nitrogens is 1. The minimum atomic E-state index is -0.700. The van der Waals surface area contributed by atoms with E-state index in [2.05, 4.69) is 66.4 Å². The Hall–Kier alpha value is -2.17.